The van der Waals surface area contributed by atoms with E-state index in [0.717, 1.165) is 0 Å². The van der Waals surface area contributed by atoms with Gasteiger partial charge >= 0.3 is 11.8 Å². The van der Waals surface area contributed by atoms with Crippen LogP contribution >= 0.6 is 0 Å². The van der Waals surface area contributed by atoms with Crippen molar-refractivity contribution in [3.05, 3.63) is 69.3 Å². The highest BCUT2D eigenvalue weighted by molar-refractivity contribution is 5.96. The van der Waals surface area contributed by atoms with Gasteiger partial charge in [-0.2, -0.15) is 0 Å². The first-order chi connectivity index (χ1) is 16.3. The summed E-state index contributed by atoms with van der Waals surface area (Å²) in [4.78, 5) is 44.2. The zero-order chi connectivity index (χ0) is 24.4. The lowest BCUT2D eigenvalue weighted by molar-refractivity contribution is 0.0498. The van der Waals surface area contributed by atoms with Gasteiger partial charge in [-0.15, -0.1) is 10.2 Å². The van der Waals surface area contributed by atoms with Gasteiger partial charge in [0.1, 0.15) is 17.7 Å². The molecule has 1 N–H and O–H groups in total. The number of fused-ring (bicyclic) bond motifs is 1. The van der Waals surface area contributed by atoms with Crippen LogP contribution in [-0.2, 0) is 17.7 Å². The summed E-state index contributed by atoms with van der Waals surface area (Å²) in [6.07, 6.45) is 0.201. The summed E-state index contributed by atoms with van der Waals surface area (Å²) in [5.74, 6) is -2.28. The van der Waals surface area contributed by atoms with Crippen LogP contribution in [0.3, 0.4) is 0 Å². The molecule has 0 fully saturated rings. The fourth-order valence-corrected chi connectivity index (χ4v) is 3.64. The molecule has 12 heteroatoms. The van der Waals surface area contributed by atoms with E-state index in [4.69, 9.17) is 9.15 Å². The standard InChI is InChI=1S/C22H22FN5O6/c1-12-25-26-20(34-12)22(32)27(2)15-11-33-10-9-28-19(15)24-17(18(30)21(28)31)16(29)8-5-13-3-6-14(23)7-4-13/h3-4,6-7,15,30H,5,8-11H2,1-2H3. The third kappa shape index (κ3) is 4.57. The topological polar surface area (TPSA) is 141 Å². The number of benzene rings is 1. The number of aromatic hydroxyl groups is 1. The molecule has 2 aromatic heterocycles. The number of rotatable bonds is 6. The van der Waals surface area contributed by atoms with Crippen molar-refractivity contribution >= 4 is 11.7 Å². The Morgan fingerprint density at radius 2 is 2.00 bits per heavy atom. The van der Waals surface area contributed by atoms with Crippen molar-refractivity contribution in [1.29, 1.82) is 0 Å². The number of halogens is 1. The molecule has 0 aliphatic carbocycles. The summed E-state index contributed by atoms with van der Waals surface area (Å²) in [6, 6.07) is 4.81. The van der Waals surface area contributed by atoms with Gasteiger partial charge in [0.15, 0.2) is 11.5 Å². The molecule has 0 radical (unpaired) electrons. The Labute approximate surface area is 192 Å². The van der Waals surface area contributed by atoms with Crippen LogP contribution in [0.1, 0.15) is 50.9 Å². The monoisotopic (exact) mass is 471 g/mol. The molecule has 1 amide bonds. The number of carbonyl (C=O) groups is 2. The van der Waals surface area contributed by atoms with Gasteiger partial charge in [-0.1, -0.05) is 12.1 Å². The van der Waals surface area contributed by atoms with Gasteiger partial charge in [-0.25, -0.2) is 9.37 Å². The van der Waals surface area contributed by atoms with Gasteiger partial charge in [-0.05, 0) is 24.1 Å². The molecular weight excluding hydrogens is 449 g/mol. The SMILES string of the molecule is Cc1nnc(C(=O)N(C)C2COCCn3c2nc(C(=O)CCc2ccc(F)cc2)c(O)c3=O)o1. The molecule has 1 aliphatic rings. The van der Waals surface area contributed by atoms with Crippen molar-refractivity contribution in [2.24, 2.45) is 0 Å². The number of nitrogens with zero attached hydrogens (tertiary/aromatic N) is 5. The zero-order valence-corrected chi connectivity index (χ0v) is 18.5. The lowest BCUT2D eigenvalue weighted by Crippen LogP contribution is -2.38. The number of hydrogen-bond acceptors (Lipinski definition) is 9. The van der Waals surface area contributed by atoms with Crippen LogP contribution in [-0.4, -0.2) is 61.7 Å². The molecule has 1 unspecified atom stereocenters. The van der Waals surface area contributed by atoms with E-state index >= 15 is 0 Å². The van der Waals surface area contributed by atoms with E-state index in [2.05, 4.69) is 15.2 Å². The maximum Gasteiger partial charge on any atom is 0.311 e. The molecule has 34 heavy (non-hydrogen) atoms. The number of amides is 1. The summed E-state index contributed by atoms with van der Waals surface area (Å²) in [5.41, 5.74) is -0.480. The maximum atomic E-state index is 13.1. The molecule has 1 atom stereocenters. The number of ether oxygens (including phenoxy) is 1. The van der Waals surface area contributed by atoms with E-state index in [1.54, 1.807) is 19.1 Å². The first kappa shape index (κ1) is 23.2. The average molecular weight is 471 g/mol. The third-order valence-corrected chi connectivity index (χ3v) is 5.52. The second-order valence-electron chi connectivity index (χ2n) is 7.81. The summed E-state index contributed by atoms with van der Waals surface area (Å²) < 4.78 is 25.1. The van der Waals surface area contributed by atoms with Crippen LogP contribution < -0.4 is 5.56 Å². The van der Waals surface area contributed by atoms with Crippen LogP contribution in [0.25, 0.3) is 0 Å². The molecule has 3 aromatic rings. The predicted octanol–water partition coefficient (Wildman–Crippen LogP) is 1.44. The number of likely N-dealkylation sites (N-methyl/N-ethyl adjacent to an activating group) is 1. The Hall–Kier alpha value is -3.93. The number of aryl methyl sites for hydroxylation is 2. The molecule has 1 aliphatic heterocycles. The van der Waals surface area contributed by atoms with Gasteiger partial charge in [0.05, 0.1) is 19.8 Å². The first-order valence-electron chi connectivity index (χ1n) is 10.5. The van der Waals surface area contributed by atoms with Crippen LogP contribution in [0, 0.1) is 12.7 Å². The van der Waals surface area contributed by atoms with E-state index in [1.807, 2.05) is 0 Å². The molecule has 4 rings (SSSR count). The molecule has 178 valence electrons. The largest absolute Gasteiger partial charge is 0.501 e. The summed E-state index contributed by atoms with van der Waals surface area (Å²) in [5, 5.41) is 17.8. The smallest absolute Gasteiger partial charge is 0.311 e. The Balaban J connectivity index is 1.65. The van der Waals surface area contributed by atoms with Crippen molar-refractivity contribution in [3.8, 4) is 5.75 Å². The first-order valence-corrected chi connectivity index (χ1v) is 10.5. The molecule has 0 spiro atoms. The fourth-order valence-electron chi connectivity index (χ4n) is 3.64. The number of carbonyl (C=O) groups excluding carboxylic acids is 2. The highest BCUT2D eigenvalue weighted by atomic mass is 19.1. The number of Topliss-reactive ketones (excluding diaryl/α,β-unsaturated/α-hetero) is 1. The Morgan fingerprint density at radius 3 is 2.68 bits per heavy atom. The number of ketones is 1. The summed E-state index contributed by atoms with van der Waals surface area (Å²) >= 11 is 0. The molecule has 3 heterocycles. The van der Waals surface area contributed by atoms with Crippen LogP contribution in [0.15, 0.2) is 33.5 Å². The van der Waals surface area contributed by atoms with Crippen molar-refractivity contribution < 1.29 is 28.2 Å². The van der Waals surface area contributed by atoms with Crippen molar-refractivity contribution in [2.45, 2.75) is 32.4 Å². The Bertz CT molecular complexity index is 1290. The lowest BCUT2D eigenvalue weighted by Gasteiger charge is -2.26. The van der Waals surface area contributed by atoms with Gasteiger partial charge < -0.3 is 19.2 Å². The van der Waals surface area contributed by atoms with Crippen molar-refractivity contribution in [3.63, 3.8) is 0 Å². The van der Waals surface area contributed by atoms with Crippen LogP contribution in [0.5, 0.6) is 5.75 Å². The Morgan fingerprint density at radius 1 is 1.26 bits per heavy atom. The molecule has 0 bridgehead atoms. The summed E-state index contributed by atoms with van der Waals surface area (Å²) in [6.45, 7) is 1.76. The molecule has 0 saturated heterocycles. The lowest BCUT2D eigenvalue weighted by atomic mass is 10.1. The maximum absolute atomic E-state index is 13.1. The predicted molar refractivity (Wildman–Crippen MR) is 114 cm³/mol. The van der Waals surface area contributed by atoms with Gasteiger partial charge in [0, 0.05) is 20.4 Å². The van der Waals surface area contributed by atoms with E-state index in [1.165, 1.54) is 28.6 Å². The minimum Gasteiger partial charge on any atom is -0.501 e. The van der Waals surface area contributed by atoms with E-state index in [9.17, 15) is 23.9 Å². The van der Waals surface area contributed by atoms with Gasteiger partial charge in [0.2, 0.25) is 11.6 Å². The second kappa shape index (κ2) is 9.51. The van der Waals surface area contributed by atoms with E-state index in [0.29, 0.717) is 5.56 Å². The zero-order valence-electron chi connectivity index (χ0n) is 18.5. The van der Waals surface area contributed by atoms with Crippen LogP contribution in [0.2, 0.25) is 0 Å². The van der Waals surface area contributed by atoms with Gasteiger partial charge in [0.25, 0.3) is 5.56 Å². The minimum atomic E-state index is -0.862. The van der Waals surface area contributed by atoms with Gasteiger partial charge in [-0.3, -0.25) is 19.0 Å². The molecule has 0 saturated carbocycles. The Kier molecular flexibility index (Phi) is 6.50. The highest BCUT2D eigenvalue weighted by Gasteiger charge is 2.33. The minimum absolute atomic E-state index is 0.00418. The van der Waals surface area contributed by atoms with Crippen molar-refractivity contribution in [2.75, 3.05) is 20.3 Å². The fraction of sp³-hybridized carbons (Fsp3) is 0.364. The van der Waals surface area contributed by atoms with E-state index in [-0.39, 0.29) is 55.9 Å². The molecule has 11 nitrogen and oxygen atoms in total. The van der Waals surface area contributed by atoms with Crippen LogP contribution in [0.4, 0.5) is 4.39 Å². The summed E-state index contributed by atoms with van der Waals surface area (Å²) in [7, 11) is 1.46. The molecule has 1 aromatic carbocycles. The average Bonchev–Trinajstić information content (AvgIpc) is 3.15. The second-order valence-corrected chi connectivity index (χ2v) is 7.81. The third-order valence-electron chi connectivity index (χ3n) is 5.52. The van der Waals surface area contributed by atoms with E-state index < -0.39 is 34.9 Å². The highest BCUT2D eigenvalue weighted by Crippen LogP contribution is 2.25. The quantitative estimate of drug-likeness (QED) is 0.529. The normalized spacial score (nSPS) is 15.4. The number of aromatic nitrogens is 4. The number of hydrogen-bond donors (Lipinski definition) is 1. The molecular formula is C22H22FN5O6. The van der Waals surface area contributed by atoms with Crippen molar-refractivity contribution in [1.82, 2.24) is 24.6 Å².